The maximum atomic E-state index is 11.9. The highest BCUT2D eigenvalue weighted by Crippen LogP contribution is 2.11. The number of benzene rings is 2. The van der Waals surface area contributed by atoms with E-state index in [2.05, 4.69) is 0 Å². The number of aryl methyl sites for hydroxylation is 1. The molecule has 0 atom stereocenters. The van der Waals surface area contributed by atoms with Crippen molar-refractivity contribution in [2.75, 3.05) is 0 Å². The highest BCUT2D eigenvalue weighted by molar-refractivity contribution is 6.30. The molecule has 0 aromatic heterocycles. The Hall–Kier alpha value is -2.19. The summed E-state index contributed by atoms with van der Waals surface area (Å²) in [5.74, 6) is -0.408. The summed E-state index contributed by atoms with van der Waals surface area (Å²) in [6.07, 6.45) is 2.58. The van der Waals surface area contributed by atoms with Crippen molar-refractivity contribution in [3.8, 4) is 0 Å². The zero-order chi connectivity index (χ0) is 14.5. The lowest BCUT2D eigenvalue weighted by Crippen LogP contribution is -1.98. The summed E-state index contributed by atoms with van der Waals surface area (Å²) in [7, 11) is 0. The van der Waals surface area contributed by atoms with Crippen LogP contribution in [0.1, 0.15) is 26.3 Å². The van der Waals surface area contributed by atoms with Crippen LogP contribution in [0.5, 0.6) is 0 Å². The van der Waals surface area contributed by atoms with Crippen molar-refractivity contribution in [2.45, 2.75) is 6.92 Å². The summed E-state index contributed by atoms with van der Waals surface area (Å²) in [4.78, 5) is 23.7. The number of hydrogen-bond acceptors (Lipinski definition) is 2. The standard InChI is InChI=1S/C17H13ClO2/c1-12-2-4-13(5-3-12)16(19)10-11-17(20)14-6-8-15(18)9-7-14/h2-11H,1H3/b11-10-. The average Bonchev–Trinajstić information content (AvgIpc) is 2.46. The van der Waals surface area contributed by atoms with E-state index in [0.29, 0.717) is 16.1 Å². The van der Waals surface area contributed by atoms with E-state index in [1.54, 1.807) is 36.4 Å². The number of ketones is 2. The van der Waals surface area contributed by atoms with Crippen LogP contribution >= 0.6 is 11.6 Å². The first-order valence-electron chi connectivity index (χ1n) is 6.15. The Balaban J connectivity index is 2.09. The van der Waals surface area contributed by atoms with Gasteiger partial charge in [-0.05, 0) is 43.3 Å². The van der Waals surface area contributed by atoms with E-state index in [1.165, 1.54) is 12.2 Å². The molecule has 0 saturated carbocycles. The first-order chi connectivity index (χ1) is 9.56. The smallest absolute Gasteiger partial charge is 0.185 e. The van der Waals surface area contributed by atoms with Crippen LogP contribution < -0.4 is 0 Å². The van der Waals surface area contributed by atoms with Crippen LogP contribution in [0.4, 0.5) is 0 Å². The topological polar surface area (TPSA) is 34.1 Å². The maximum Gasteiger partial charge on any atom is 0.185 e. The Kier molecular flexibility index (Phi) is 4.49. The second kappa shape index (κ2) is 6.31. The van der Waals surface area contributed by atoms with E-state index in [-0.39, 0.29) is 11.6 Å². The summed E-state index contributed by atoms with van der Waals surface area (Å²) >= 11 is 5.75. The molecule has 0 aliphatic rings. The molecule has 0 aliphatic carbocycles. The van der Waals surface area contributed by atoms with Gasteiger partial charge < -0.3 is 0 Å². The zero-order valence-electron chi connectivity index (χ0n) is 11.0. The summed E-state index contributed by atoms with van der Waals surface area (Å²) in [5, 5.41) is 0.571. The molecular weight excluding hydrogens is 272 g/mol. The van der Waals surface area contributed by atoms with Gasteiger partial charge in [-0.25, -0.2) is 0 Å². The molecule has 0 radical (unpaired) electrons. The van der Waals surface area contributed by atoms with Crippen LogP contribution in [0.3, 0.4) is 0 Å². The van der Waals surface area contributed by atoms with Gasteiger partial charge in [0.05, 0.1) is 0 Å². The minimum atomic E-state index is -0.220. The van der Waals surface area contributed by atoms with Gasteiger partial charge >= 0.3 is 0 Å². The van der Waals surface area contributed by atoms with Gasteiger partial charge in [-0.1, -0.05) is 41.4 Å². The van der Waals surface area contributed by atoms with Crippen LogP contribution in [0, 0.1) is 6.92 Å². The quantitative estimate of drug-likeness (QED) is 0.621. The molecule has 2 rings (SSSR count). The molecule has 0 amide bonds. The average molecular weight is 285 g/mol. The molecule has 0 heterocycles. The molecule has 2 aromatic carbocycles. The molecule has 0 unspecified atom stereocenters. The van der Waals surface area contributed by atoms with E-state index in [0.717, 1.165) is 5.56 Å². The Morgan fingerprint density at radius 3 is 1.65 bits per heavy atom. The Bertz CT molecular complexity index is 593. The largest absolute Gasteiger partial charge is 0.289 e. The van der Waals surface area contributed by atoms with Crippen molar-refractivity contribution in [1.29, 1.82) is 0 Å². The van der Waals surface area contributed by atoms with Gasteiger partial charge in [0, 0.05) is 16.1 Å². The molecule has 0 aliphatic heterocycles. The van der Waals surface area contributed by atoms with Crippen molar-refractivity contribution in [3.05, 3.63) is 82.4 Å². The zero-order valence-corrected chi connectivity index (χ0v) is 11.7. The van der Waals surface area contributed by atoms with Crippen molar-refractivity contribution < 1.29 is 9.59 Å². The van der Waals surface area contributed by atoms with Gasteiger partial charge in [-0.15, -0.1) is 0 Å². The van der Waals surface area contributed by atoms with E-state index >= 15 is 0 Å². The minimum Gasteiger partial charge on any atom is -0.289 e. The lowest BCUT2D eigenvalue weighted by atomic mass is 10.1. The number of halogens is 1. The molecule has 100 valence electrons. The third kappa shape index (κ3) is 3.65. The van der Waals surface area contributed by atoms with E-state index in [9.17, 15) is 9.59 Å². The molecule has 0 saturated heterocycles. The van der Waals surface area contributed by atoms with Crippen molar-refractivity contribution in [1.82, 2.24) is 0 Å². The fraction of sp³-hybridized carbons (Fsp3) is 0.0588. The van der Waals surface area contributed by atoms with E-state index in [1.807, 2.05) is 19.1 Å². The molecular formula is C17H13ClO2. The predicted octanol–water partition coefficient (Wildman–Crippen LogP) is 4.27. The Morgan fingerprint density at radius 2 is 1.20 bits per heavy atom. The minimum absolute atomic E-state index is 0.188. The molecule has 0 fully saturated rings. The molecule has 20 heavy (non-hydrogen) atoms. The van der Waals surface area contributed by atoms with Crippen molar-refractivity contribution in [3.63, 3.8) is 0 Å². The Labute approximate surface area is 122 Å². The number of carbonyl (C=O) groups is 2. The van der Waals surface area contributed by atoms with Crippen molar-refractivity contribution >= 4 is 23.2 Å². The first kappa shape index (κ1) is 14.2. The van der Waals surface area contributed by atoms with Crippen LogP contribution in [0.25, 0.3) is 0 Å². The normalized spacial score (nSPS) is 10.7. The number of hydrogen-bond donors (Lipinski definition) is 0. The van der Waals surface area contributed by atoms with E-state index < -0.39 is 0 Å². The predicted molar refractivity (Wildman–Crippen MR) is 80.4 cm³/mol. The summed E-state index contributed by atoms with van der Waals surface area (Å²) in [6, 6.07) is 13.8. The SMILES string of the molecule is Cc1ccc(C(=O)/C=C\C(=O)c2ccc(Cl)cc2)cc1. The monoisotopic (exact) mass is 284 g/mol. The molecule has 3 heteroatoms. The summed E-state index contributed by atoms with van der Waals surface area (Å²) < 4.78 is 0. The van der Waals surface area contributed by atoms with Gasteiger partial charge in [-0.3, -0.25) is 9.59 Å². The van der Waals surface area contributed by atoms with Gasteiger partial charge in [0.25, 0.3) is 0 Å². The third-order valence-electron chi connectivity index (χ3n) is 2.85. The van der Waals surface area contributed by atoms with Gasteiger partial charge in [-0.2, -0.15) is 0 Å². The van der Waals surface area contributed by atoms with Crippen molar-refractivity contribution in [2.24, 2.45) is 0 Å². The fourth-order valence-corrected chi connectivity index (χ4v) is 1.80. The van der Waals surface area contributed by atoms with Gasteiger partial charge in [0.2, 0.25) is 0 Å². The summed E-state index contributed by atoms with van der Waals surface area (Å²) in [6.45, 7) is 1.95. The van der Waals surface area contributed by atoms with Crippen LogP contribution in [0.15, 0.2) is 60.7 Å². The number of allylic oxidation sites excluding steroid dienone is 2. The van der Waals surface area contributed by atoms with E-state index in [4.69, 9.17) is 11.6 Å². The second-order valence-corrected chi connectivity index (χ2v) is 4.87. The maximum absolute atomic E-state index is 11.9. The Morgan fingerprint density at radius 1 is 0.800 bits per heavy atom. The van der Waals surface area contributed by atoms with Gasteiger partial charge in [0.15, 0.2) is 11.6 Å². The molecule has 0 spiro atoms. The highest BCUT2D eigenvalue weighted by atomic mass is 35.5. The third-order valence-corrected chi connectivity index (χ3v) is 3.10. The fourth-order valence-electron chi connectivity index (χ4n) is 1.68. The van der Waals surface area contributed by atoms with Gasteiger partial charge in [0.1, 0.15) is 0 Å². The molecule has 2 aromatic rings. The first-order valence-corrected chi connectivity index (χ1v) is 6.53. The number of rotatable bonds is 4. The molecule has 0 N–H and O–H groups in total. The number of carbonyl (C=O) groups excluding carboxylic acids is 2. The molecule has 2 nitrogen and oxygen atoms in total. The van der Waals surface area contributed by atoms with Crippen LogP contribution in [0.2, 0.25) is 5.02 Å². The van der Waals surface area contributed by atoms with Crippen LogP contribution in [-0.2, 0) is 0 Å². The summed E-state index contributed by atoms with van der Waals surface area (Å²) in [5.41, 5.74) is 2.15. The highest BCUT2D eigenvalue weighted by Gasteiger charge is 2.04. The lowest BCUT2D eigenvalue weighted by molar-refractivity contribution is 0.102. The second-order valence-electron chi connectivity index (χ2n) is 4.43. The molecule has 0 bridgehead atoms. The van der Waals surface area contributed by atoms with Crippen LogP contribution in [-0.4, -0.2) is 11.6 Å². The lowest BCUT2D eigenvalue weighted by Gasteiger charge is -1.97.